The Balaban J connectivity index is 1.24. The largest absolute Gasteiger partial charge is 0.493 e. The minimum atomic E-state index is -0.642. The van der Waals surface area contributed by atoms with Gasteiger partial charge in [0.2, 0.25) is 0 Å². The molecule has 40 heavy (non-hydrogen) atoms. The van der Waals surface area contributed by atoms with Crippen LogP contribution < -0.4 is 4.74 Å². The molecule has 2 aliphatic rings. The monoisotopic (exact) mass is 556 g/mol. The highest BCUT2D eigenvalue weighted by molar-refractivity contribution is 5.32. The average molecular weight is 557 g/mol. The van der Waals surface area contributed by atoms with E-state index in [2.05, 4.69) is 13.5 Å². The second kappa shape index (κ2) is 15.7. The number of allylic oxidation sites excluding steroid dienone is 1. The summed E-state index contributed by atoms with van der Waals surface area (Å²) in [6.07, 6.45) is 14.8. The van der Waals surface area contributed by atoms with E-state index in [0.717, 1.165) is 90.1 Å². The third-order valence-corrected chi connectivity index (χ3v) is 9.06. The number of halogens is 3. The Kier molecular flexibility index (Phi) is 12.0. The molecule has 0 unspecified atom stereocenters. The molecule has 2 fully saturated rings. The fraction of sp³-hybridized carbons (Fsp3) is 0.600. The van der Waals surface area contributed by atoms with Crippen molar-refractivity contribution in [3.8, 4) is 5.75 Å². The summed E-state index contributed by atoms with van der Waals surface area (Å²) in [4.78, 5) is 0. The summed E-state index contributed by atoms with van der Waals surface area (Å²) in [5.41, 5.74) is 1.79. The topological polar surface area (TPSA) is 18.5 Å². The van der Waals surface area contributed by atoms with Crippen LogP contribution in [0.15, 0.2) is 43.0 Å². The lowest BCUT2D eigenvalue weighted by Gasteiger charge is -2.31. The molecule has 0 heterocycles. The van der Waals surface area contributed by atoms with Crippen LogP contribution in [-0.4, -0.2) is 19.3 Å². The van der Waals surface area contributed by atoms with Gasteiger partial charge in [0.25, 0.3) is 0 Å². The van der Waals surface area contributed by atoms with Gasteiger partial charge in [0.1, 0.15) is 11.6 Å². The van der Waals surface area contributed by atoms with E-state index in [-0.39, 0.29) is 23.8 Å². The maximum Gasteiger partial charge on any atom is 0.162 e. The van der Waals surface area contributed by atoms with Gasteiger partial charge in [-0.15, -0.1) is 6.58 Å². The van der Waals surface area contributed by atoms with Gasteiger partial charge in [-0.1, -0.05) is 37.6 Å². The van der Waals surface area contributed by atoms with Crippen molar-refractivity contribution in [2.24, 2.45) is 5.92 Å². The first-order valence-corrected chi connectivity index (χ1v) is 15.6. The standard InChI is InChI=1S/C35H47F3O2/c1-3-5-7-23-40-30-19-16-28(33(36)24-30)13-10-25-8-11-26(12-9-25)31-20-21-32(35(38)34(31)37)27-14-17-29(18-15-27)39-22-6-4-2/h3,16,19-21,24-27,29H,1,4-15,17-18,22-23H2,2H3. The second-order valence-electron chi connectivity index (χ2n) is 11.9. The van der Waals surface area contributed by atoms with Gasteiger partial charge in [0, 0.05) is 12.7 Å². The van der Waals surface area contributed by atoms with E-state index >= 15 is 8.78 Å². The molecule has 5 heteroatoms. The number of ether oxygens (including phenoxy) is 2. The Morgan fingerprint density at radius 1 is 0.825 bits per heavy atom. The van der Waals surface area contributed by atoms with Crippen LogP contribution >= 0.6 is 0 Å². The van der Waals surface area contributed by atoms with Gasteiger partial charge in [-0.3, -0.25) is 0 Å². The number of rotatable bonds is 14. The van der Waals surface area contributed by atoms with Crippen LogP contribution in [0.2, 0.25) is 0 Å². The smallest absolute Gasteiger partial charge is 0.162 e. The molecule has 2 nitrogen and oxygen atoms in total. The zero-order valence-electron chi connectivity index (χ0n) is 24.2. The third kappa shape index (κ3) is 8.38. The van der Waals surface area contributed by atoms with Gasteiger partial charge in [0.05, 0.1) is 12.7 Å². The summed E-state index contributed by atoms with van der Waals surface area (Å²) in [6.45, 7) is 7.19. The first-order chi connectivity index (χ1) is 19.5. The molecule has 2 aliphatic carbocycles. The van der Waals surface area contributed by atoms with Gasteiger partial charge in [-0.25, -0.2) is 13.2 Å². The van der Waals surface area contributed by atoms with E-state index in [1.807, 2.05) is 30.3 Å². The van der Waals surface area contributed by atoms with E-state index in [1.54, 1.807) is 0 Å². The molecular weight excluding hydrogens is 509 g/mol. The van der Waals surface area contributed by atoms with Crippen LogP contribution in [0.25, 0.3) is 0 Å². The maximum absolute atomic E-state index is 15.3. The van der Waals surface area contributed by atoms with Gasteiger partial charge in [0.15, 0.2) is 11.6 Å². The first kappa shape index (κ1) is 30.7. The van der Waals surface area contributed by atoms with E-state index in [1.165, 1.54) is 6.07 Å². The van der Waals surface area contributed by atoms with Crippen molar-refractivity contribution < 1.29 is 22.6 Å². The lowest BCUT2D eigenvalue weighted by Crippen LogP contribution is -2.22. The molecule has 0 aromatic heterocycles. The van der Waals surface area contributed by atoms with Crippen molar-refractivity contribution in [3.05, 3.63) is 77.1 Å². The minimum Gasteiger partial charge on any atom is -0.493 e. The van der Waals surface area contributed by atoms with Crippen LogP contribution in [0.3, 0.4) is 0 Å². The van der Waals surface area contributed by atoms with Crippen LogP contribution in [-0.2, 0) is 11.2 Å². The van der Waals surface area contributed by atoms with Crippen molar-refractivity contribution in [1.29, 1.82) is 0 Å². The second-order valence-corrected chi connectivity index (χ2v) is 11.9. The normalized spacial score (nSPS) is 23.2. The lowest BCUT2D eigenvalue weighted by atomic mass is 9.76. The molecule has 0 amide bonds. The lowest BCUT2D eigenvalue weighted by molar-refractivity contribution is 0.0230. The van der Waals surface area contributed by atoms with Crippen molar-refractivity contribution in [3.63, 3.8) is 0 Å². The predicted molar refractivity (Wildman–Crippen MR) is 157 cm³/mol. The number of hydrogen-bond donors (Lipinski definition) is 0. The van der Waals surface area contributed by atoms with Crippen LogP contribution in [0.4, 0.5) is 13.2 Å². The minimum absolute atomic E-state index is 0.0526. The molecule has 0 spiro atoms. The summed E-state index contributed by atoms with van der Waals surface area (Å²) in [5.74, 6) is -0.331. The highest BCUT2D eigenvalue weighted by atomic mass is 19.2. The first-order valence-electron chi connectivity index (χ1n) is 15.6. The quantitative estimate of drug-likeness (QED) is 0.170. The Bertz CT molecular complexity index is 1070. The number of aryl methyl sites for hydroxylation is 1. The van der Waals surface area contributed by atoms with E-state index in [9.17, 15) is 4.39 Å². The van der Waals surface area contributed by atoms with Crippen LogP contribution in [0.1, 0.15) is 119 Å². The van der Waals surface area contributed by atoms with E-state index in [0.29, 0.717) is 41.4 Å². The van der Waals surface area contributed by atoms with Gasteiger partial charge < -0.3 is 9.47 Å². The Labute approximate surface area is 239 Å². The fourth-order valence-corrected chi connectivity index (χ4v) is 6.50. The summed E-state index contributed by atoms with van der Waals surface area (Å²) in [5, 5.41) is 0. The summed E-state index contributed by atoms with van der Waals surface area (Å²) in [7, 11) is 0. The maximum atomic E-state index is 15.3. The number of unbranched alkanes of at least 4 members (excludes halogenated alkanes) is 2. The van der Waals surface area contributed by atoms with Crippen LogP contribution in [0, 0.1) is 23.4 Å². The van der Waals surface area contributed by atoms with Gasteiger partial charge >= 0.3 is 0 Å². The van der Waals surface area contributed by atoms with Gasteiger partial charge in [-0.05, 0) is 124 Å². The molecule has 220 valence electrons. The van der Waals surface area contributed by atoms with E-state index in [4.69, 9.17) is 9.47 Å². The molecule has 0 aliphatic heterocycles. The van der Waals surface area contributed by atoms with Crippen molar-refractivity contribution in [1.82, 2.24) is 0 Å². The molecule has 2 aromatic rings. The molecular formula is C35H47F3O2. The SMILES string of the molecule is C=CCCCOc1ccc(CCC2CCC(c3ccc(C4CCC(OCCCC)CC4)c(F)c3F)CC2)c(F)c1. The fourth-order valence-electron chi connectivity index (χ4n) is 6.50. The molecule has 4 rings (SSSR count). The highest BCUT2D eigenvalue weighted by Gasteiger charge is 2.30. The molecule has 0 radical (unpaired) electrons. The molecule has 0 atom stereocenters. The predicted octanol–water partition coefficient (Wildman–Crippen LogP) is 10.2. The van der Waals surface area contributed by atoms with Gasteiger partial charge in [-0.2, -0.15) is 0 Å². The third-order valence-electron chi connectivity index (χ3n) is 9.06. The van der Waals surface area contributed by atoms with Crippen molar-refractivity contribution >= 4 is 0 Å². The van der Waals surface area contributed by atoms with Crippen LogP contribution in [0.5, 0.6) is 5.75 Å². The molecule has 0 bridgehead atoms. The molecule has 0 saturated heterocycles. The molecule has 0 N–H and O–H groups in total. The molecule has 2 saturated carbocycles. The Morgan fingerprint density at radius 3 is 2.08 bits per heavy atom. The number of hydrogen-bond acceptors (Lipinski definition) is 2. The van der Waals surface area contributed by atoms with Crippen molar-refractivity contribution in [2.75, 3.05) is 13.2 Å². The van der Waals surface area contributed by atoms with E-state index < -0.39 is 11.6 Å². The highest BCUT2D eigenvalue weighted by Crippen LogP contribution is 2.41. The zero-order valence-corrected chi connectivity index (χ0v) is 24.2. The summed E-state index contributed by atoms with van der Waals surface area (Å²) >= 11 is 0. The average Bonchev–Trinajstić information content (AvgIpc) is 2.97. The molecule has 2 aromatic carbocycles. The number of benzene rings is 2. The zero-order chi connectivity index (χ0) is 28.3. The summed E-state index contributed by atoms with van der Waals surface area (Å²) < 4.78 is 56.7. The van der Waals surface area contributed by atoms with Crippen molar-refractivity contribution in [2.45, 2.75) is 115 Å². The Hall–Kier alpha value is -2.27. The summed E-state index contributed by atoms with van der Waals surface area (Å²) in [6, 6.07) is 8.85. The Morgan fingerprint density at radius 2 is 1.48 bits per heavy atom.